The van der Waals surface area contributed by atoms with E-state index < -0.39 is 6.03 Å². The Kier molecular flexibility index (Phi) is 6.35. The first kappa shape index (κ1) is 15.5. The number of rotatable bonds is 5. The van der Waals surface area contributed by atoms with Gasteiger partial charge in [0, 0.05) is 16.2 Å². The molecule has 0 heterocycles. The molecular formula is C13H18BrN3O2. The van der Waals surface area contributed by atoms with Gasteiger partial charge in [-0.25, -0.2) is 4.79 Å². The van der Waals surface area contributed by atoms with Crippen LogP contribution in [0.15, 0.2) is 28.7 Å². The van der Waals surface area contributed by atoms with Gasteiger partial charge < -0.3 is 10.6 Å². The van der Waals surface area contributed by atoms with Crippen molar-refractivity contribution in [3.63, 3.8) is 0 Å². The van der Waals surface area contributed by atoms with E-state index in [0.29, 0.717) is 0 Å². The number of hydrogen-bond acceptors (Lipinski definition) is 3. The SMILES string of the molecule is CC[C@H](C)NC(=O)NC(=O)CNc1ccc(Br)cc1. The number of carbonyl (C=O) groups is 2. The third-order valence-corrected chi connectivity index (χ3v) is 3.07. The number of benzene rings is 1. The van der Waals surface area contributed by atoms with E-state index in [0.717, 1.165) is 16.6 Å². The van der Waals surface area contributed by atoms with Crippen molar-refractivity contribution in [1.29, 1.82) is 0 Å². The largest absolute Gasteiger partial charge is 0.376 e. The first-order valence-corrected chi connectivity index (χ1v) is 6.90. The molecule has 1 aromatic carbocycles. The van der Waals surface area contributed by atoms with Gasteiger partial charge in [-0.05, 0) is 37.6 Å². The van der Waals surface area contributed by atoms with Crippen molar-refractivity contribution in [2.24, 2.45) is 0 Å². The molecule has 104 valence electrons. The summed E-state index contributed by atoms with van der Waals surface area (Å²) in [6.07, 6.45) is 0.818. The fourth-order valence-corrected chi connectivity index (χ4v) is 1.55. The molecule has 0 fully saturated rings. The molecule has 5 nitrogen and oxygen atoms in total. The Bertz CT molecular complexity index is 434. The summed E-state index contributed by atoms with van der Waals surface area (Å²) in [5.74, 6) is -0.372. The molecule has 0 saturated heterocycles. The number of carbonyl (C=O) groups excluding carboxylic acids is 2. The standard InChI is InChI=1S/C13H18BrN3O2/c1-3-9(2)16-13(19)17-12(18)8-15-11-6-4-10(14)5-7-11/h4-7,9,15H,3,8H2,1-2H3,(H2,16,17,18,19)/t9-/m0/s1. The molecule has 1 rings (SSSR count). The Hall–Kier alpha value is -1.56. The Morgan fingerprint density at radius 2 is 1.89 bits per heavy atom. The Morgan fingerprint density at radius 1 is 1.26 bits per heavy atom. The summed E-state index contributed by atoms with van der Waals surface area (Å²) in [4.78, 5) is 22.9. The van der Waals surface area contributed by atoms with Crippen LogP contribution < -0.4 is 16.0 Å². The zero-order valence-electron chi connectivity index (χ0n) is 11.0. The number of anilines is 1. The van der Waals surface area contributed by atoms with Gasteiger partial charge in [0.2, 0.25) is 5.91 Å². The van der Waals surface area contributed by atoms with E-state index >= 15 is 0 Å². The summed E-state index contributed by atoms with van der Waals surface area (Å²) in [6, 6.07) is 7.02. The van der Waals surface area contributed by atoms with Crippen LogP contribution in [-0.2, 0) is 4.79 Å². The Labute approximate surface area is 121 Å². The summed E-state index contributed by atoms with van der Waals surface area (Å²) in [6.45, 7) is 3.89. The van der Waals surface area contributed by atoms with Crippen molar-refractivity contribution in [1.82, 2.24) is 10.6 Å². The maximum Gasteiger partial charge on any atom is 0.321 e. The van der Waals surface area contributed by atoms with Gasteiger partial charge in [0.1, 0.15) is 0 Å². The van der Waals surface area contributed by atoms with E-state index in [1.54, 1.807) is 0 Å². The minimum atomic E-state index is -0.461. The predicted octanol–water partition coefficient (Wildman–Crippen LogP) is 2.49. The van der Waals surface area contributed by atoms with E-state index in [4.69, 9.17) is 0 Å². The number of halogens is 1. The van der Waals surface area contributed by atoms with Gasteiger partial charge in [-0.3, -0.25) is 10.1 Å². The summed E-state index contributed by atoms with van der Waals surface area (Å²) in [5, 5.41) is 7.86. The Balaban J connectivity index is 2.31. The molecule has 0 aliphatic carbocycles. The van der Waals surface area contributed by atoms with Gasteiger partial charge >= 0.3 is 6.03 Å². The summed E-state index contributed by atoms with van der Waals surface area (Å²) in [7, 11) is 0. The lowest BCUT2D eigenvalue weighted by Gasteiger charge is -2.12. The lowest BCUT2D eigenvalue weighted by molar-refractivity contribution is -0.118. The molecular weight excluding hydrogens is 310 g/mol. The maximum absolute atomic E-state index is 11.5. The molecule has 0 unspecified atom stereocenters. The molecule has 19 heavy (non-hydrogen) atoms. The highest BCUT2D eigenvalue weighted by molar-refractivity contribution is 9.10. The molecule has 0 aliphatic rings. The normalized spacial score (nSPS) is 11.5. The molecule has 6 heteroatoms. The average molecular weight is 328 g/mol. The van der Waals surface area contributed by atoms with E-state index in [2.05, 4.69) is 31.9 Å². The third-order valence-electron chi connectivity index (χ3n) is 2.54. The number of amides is 3. The second-order valence-corrected chi connectivity index (χ2v) is 5.11. The van der Waals surface area contributed by atoms with Gasteiger partial charge in [0.05, 0.1) is 6.54 Å². The van der Waals surface area contributed by atoms with E-state index in [-0.39, 0.29) is 18.5 Å². The Morgan fingerprint density at radius 3 is 2.47 bits per heavy atom. The minimum absolute atomic E-state index is 0.0484. The second kappa shape index (κ2) is 7.78. The van der Waals surface area contributed by atoms with Crippen molar-refractivity contribution < 1.29 is 9.59 Å². The molecule has 0 saturated carbocycles. The zero-order valence-corrected chi connectivity index (χ0v) is 12.6. The summed E-state index contributed by atoms with van der Waals surface area (Å²) < 4.78 is 0.968. The minimum Gasteiger partial charge on any atom is -0.376 e. The summed E-state index contributed by atoms with van der Waals surface area (Å²) >= 11 is 3.33. The van der Waals surface area contributed by atoms with Gasteiger partial charge in [0.25, 0.3) is 0 Å². The summed E-state index contributed by atoms with van der Waals surface area (Å²) in [5.41, 5.74) is 0.820. The maximum atomic E-state index is 11.5. The molecule has 1 aromatic rings. The first-order valence-electron chi connectivity index (χ1n) is 6.11. The van der Waals surface area contributed by atoms with Crippen molar-refractivity contribution >= 4 is 33.6 Å². The van der Waals surface area contributed by atoms with Crippen LogP contribution in [0.2, 0.25) is 0 Å². The van der Waals surface area contributed by atoms with E-state index in [9.17, 15) is 9.59 Å². The number of nitrogens with one attached hydrogen (secondary N) is 3. The van der Waals surface area contributed by atoms with Gasteiger partial charge in [0.15, 0.2) is 0 Å². The van der Waals surface area contributed by atoms with Crippen molar-refractivity contribution in [2.75, 3.05) is 11.9 Å². The second-order valence-electron chi connectivity index (χ2n) is 4.19. The topological polar surface area (TPSA) is 70.2 Å². The highest BCUT2D eigenvalue weighted by Crippen LogP contribution is 2.13. The quantitative estimate of drug-likeness (QED) is 0.778. The molecule has 0 bridgehead atoms. The molecule has 1 atom stereocenters. The molecule has 3 N–H and O–H groups in total. The zero-order chi connectivity index (χ0) is 14.3. The molecule has 0 spiro atoms. The fraction of sp³-hybridized carbons (Fsp3) is 0.385. The van der Waals surface area contributed by atoms with Crippen LogP contribution in [0.5, 0.6) is 0 Å². The van der Waals surface area contributed by atoms with Crippen molar-refractivity contribution in [2.45, 2.75) is 26.3 Å². The van der Waals surface area contributed by atoms with Crippen LogP contribution in [0.1, 0.15) is 20.3 Å². The molecule has 0 aliphatic heterocycles. The monoisotopic (exact) mass is 327 g/mol. The van der Waals surface area contributed by atoms with E-state index in [1.165, 1.54) is 0 Å². The molecule has 0 aromatic heterocycles. The highest BCUT2D eigenvalue weighted by atomic mass is 79.9. The smallest absolute Gasteiger partial charge is 0.321 e. The van der Waals surface area contributed by atoms with Crippen molar-refractivity contribution in [3.8, 4) is 0 Å². The molecule has 0 radical (unpaired) electrons. The number of hydrogen-bond donors (Lipinski definition) is 3. The van der Waals surface area contributed by atoms with Gasteiger partial charge in [-0.1, -0.05) is 22.9 Å². The highest BCUT2D eigenvalue weighted by Gasteiger charge is 2.09. The number of urea groups is 1. The predicted molar refractivity (Wildman–Crippen MR) is 79.1 cm³/mol. The fourth-order valence-electron chi connectivity index (χ4n) is 1.28. The van der Waals surface area contributed by atoms with Gasteiger partial charge in [-0.2, -0.15) is 0 Å². The van der Waals surface area contributed by atoms with Crippen LogP contribution >= 0.6 is 15.9 Å². The van der Waals surface area contributed by atoms with Crippen LogP contribution in [0.3, 0.4) is 0 Å². The number of imide groups is 1. The third kappa shape index (κ3) is 6.24. The van der Waals surface area contributed by atoms with Crippen LogP contribution in [0.4, 0.5) is 10.5 Å². The van der Waals surface area contributed by atoms with E-state index in [1.807, 2.05) is 38.1 Å². The lowest BCUT2D eigenvalue weighted by atomic mass is 10.3. The average Bonchev–Trinajstić information content (AvgIpc) is 2.37. The van der Waals surface area contributed by atoms with Gasteiger partial charge in [-0.15, -0.1) is 0 Å². The first-order chi connectivity index (χ1) is 9.01. The molecule has 3 amide bonds. The van der Waals surface area contributed by atoms with Crippen molar-refractivity contribution in [3.05, 3.63) is 28.7 Å². The van der Waals surface area contributed by atoms with Crippen LogP contribution in [0, 0.1) is 0 Å². The lowest BCUT2D eigenvalue weighted by Crippen LogP contribution is -2.45. The van der Waals surface area contributed by atoms with Crippen LogP contribution in [0.25, 0.3) is 0 Å². The van der Waals surface area contributed by atoms with Crippen LogP contribution in [-0.4, -0.2) is 24.5 Å².